The first kappa shape index (κ1) is 15.7. The minimum absolute atomic E-state index is 0.111. The maximum atomic E-state index is 6.24. The molecule has 5 nitrogen and oxygen atoms in total. The second-order valence-corrected chi connectivity index (χ2v) is 8.25. The van der Waals surface area contributed by atoms with Crippen molar-refractivity contribution in [1.29, 1.82) is 0 Å². The standard InChI is InChI=1S/C17H27BN2O3/c1-16(2)17(3,4)23-18(22-16)13-7-8-21-15(9-13)12-10-19-20(11-12)14-5-6-14/h10-11,13-15H,5-9H2,1-4H3/t13?,15-/m1/s1. The molecule has 6 heteroatoms. The summed E-state index contributed by atoms with van der Waals surface area (Å²) in [6, 6.07) is 0.617. The molecule has 1 saturated carbocycles. The monoisotopic (exact) mass is 318 g/mol. The van der Waals surface area contributed by atoms with Gasteiger partial charge in [0.15, 0.2) is 0 Å². The van der Waals surface area contributed by atoms with Crippen LogP contribution in [0.5, 0.6) is 0 Å². The Morgan fingerprint density at radius 1 is 1.13 bits per heavy atom. The summed E-state index contributed by atoms with van der Waals surface area (Å²) in [5.74, 6) is 0.374. The third-order valence-corrected chi connectivity index (χ3v) is 5.90. The van der Waals surface area contributed by atoms with Gasteiger partial charge in [-0.15, -0.1) is 0 Å². The molecule has 3 fully saturated rings. The van der Waals surface area contributed by atoms with Crippen molar-refractivity contribution in [3.63, 3.8) is 0 Å². The zero-order chi connectivity index (χ0) is 16.2. The number of aromatic nitrogens is 2. The van der Waals surface area contributed by atoms with Gasteiger partial charge in [0, 0.05) is 18.4 Å². The first-order valence-corrected chi connectivity index (χ1v) is 8.87. The van der Waals surface area contributed by atoms with Crippen LogP contribution in [-0.4, -0.2) is 34.7 Å². The lowest BCUT2D eigenvalue weighted by Gasteiger charge is -2.32. The molecule has 2 atom stereocenters. The van der Waals surface area contributed by atoms with E-state index in [0.29, 0.717) is 11.9 Å². The molecule has 0 N–H and O–H groups in total. The van der Waals surface area contributed by atoms with Crippen LogP contribution >= 0.6 is 0 Å². The third kappa shape index (κ3) is 2.85. The van der Waals surface area contributed by atoms with Crippen molar-refractivity contribution in [2.75, 3.05) is 6.61 Å². The van der Waals surface area contributed by atoms with Gasteiger partial charge in [-0.1, -0.05) is 0 Å². The Labute approximate surface area is 138 Å². The first-order chi connectivity index (χ1) is 10.9. The van der Waals surface area contributed by atoms with Gasteiger partial charge in [0.25, 0.3) is 0 Å². The van der Waals surface area contributed by atoms with E-state index in [0.717, 1.165) is 19.4 Å². The number of nitrogens with zero attached hydrogens (tertiary/aromatic N) is 2. The van der Waals surface area contributed by atoms with E-state index in [4.69, 9.17) is 14.0 Å². The molecule has 0 bridgehead atoms. The quantitative estimate of drug-likeness (QED) is 0.800. The molecule has 126 valence electrons. The summed E-state index contributed by atoms with van der Waals surface area (Å²) in [7, 11) is -0.134. The fraction of sp³-hybridized carbons (Fsp3) is 0.824. The molecule has 23 heavy (non-hydrogen) atoms. The molecule has 2 aliphatic heterocycles. The molecule has 1 aromatic rings. The van der Waals surface area contributed by atoms with Crippen LogP contribution in [0.3, 0.4) is 0 Å². The van der Waals surface area contributed by atoms with Crippen molar-refractivity contribution < 1.29 is 14.0 Å². The molecule has 0 amide bonds. The zero-order valence-electron chi connectivity index (χ0n) is 14.6. The second-order valence-electron chi connectivity index (χ2n) is 8.25. The third-order valence-electron chi connectivity index (χ3n) is 5.90. The topological polar surface area (TPSA) is 45.5 Å². The van der Waals surface area contributed by atoms with Gasteiger partial charge in [-0.3, -0.25) is 4.68 Å². The van der Waals surface area contributed by atoms with E-state index in [9.17, 15) is 0 Å². The molecular weight excluding hydrogens is 291 g/mol. The van der Waals surface area contributed by atoms with E-state index in [2.05, 4.69) is 43.7 Å². The summed E-state index contributed by atoms with van der Waals surface area (Å²) in [5.41, 5.74) is 0.670. The Balaban J connectivity index is 1.45. The molecule has 0 spiro atoms. The molecule has 4 rings (SSSR count). The van der Waals surface area contributed by atoms with E-state index in [-0.39, 0.29) is 24.4 Å². The van der Waals surface area contributed by atoms with Crippen molar-refractivity contribution in [3.8, 4) is 0 Å². The van der Waals surface area contributed by atoms with Crippen LogP contribution in [-0.2, 0) is 14.0 Å². The highest BCUT2D eigenvalue weighted by molar-refractivity contribution is 6.47. The SMILES string of the molecule is CC1(C)OB(C2CCO[C@@H](c3cnn(C4CC4)c3)C2)OC1(C)C. The molecule has 1 aromatic heterocycles. The Morgan fingerprint density at radius 3 is 2.48 bits per heavy atom. The predicted octanol–water partition coefficient (Wildman–Crippen LogP) is 3.53. The van der Waals surface area contributed by atoms with Gasteiger partial charge in [0.05, 0.1) is 29.5 Å². The van der Waals surface area contributed by atoms with E-state index >= 15 is 0 Å². The van der Waals surface area contributed by atoms with Crippen LogP contribution in [0, 0.1) is 0 Å². The van der Waals surface area contributed by atoms with E-state index < -0.39 is 0 Å². The molecule has 1 unspecified atom stereocenters. The fourth-order valence-corrected chi connectivity index (χ4v) is 3.44. The number of ether oxygens (including phenoxy) is 1. The minimum atomic E-state index is -0.262. The molecule has 1 aliphatic carbocycles. The summed E-state index contributed by atoms with van der Waals surface area (Å²) in [4.78, 5) is 0. The van der Waals surface area contributed by atoms with Crippen LogP contribution in [0.4, 0.5) is 0 Å². The smallest absolute Gasteiger partial charge is 0.403 e. The number of hydrogen-bond donors (Lipinski definition) is 0. The van der Waals surface area contributed by atoms with Crippen molar-refractivity contribution in [3.05, 3.63) is 18.0 Å². The highest BCUT2D eigenvalue weighted by Crippen LogP contribution is 2.45. The lowest BCUT2D eigenvalue weighted by Crippen LogP contribution is -2.41. The highest BCUT2D eigenvalue weighted by atomic mass is 16.7. The van der Waals surface area contributed by atoms with Crippen molar-refractivity contribution in [2.24, 2.45) is 0 Å². The van der Waals surface area contributed by atoms with Crippen molar-refractivity contribution in [1.82, 2.24) is 9.78 Å². The minimum Gasteiger partial charge on any atom is -0.403 e. The van der Waals surface area contributed by atoms with E-state index in [1.54, 1.807) is 0 Å². The average molecular weight is 318 g/mol. The number of rotatable bonds is 3. The number of hydrogen-bond acceptors (Lipinski definition) is 4. The molecular formula is C17H27BN2O3. The van der Waals surface area contributed by atoms with Gasteiger partial charge >= 0.3 is 7.12 Å². The van der Waals surface area contributed by atoms with Gasteiger partial charge in [0.2, 0.25) is 0 Å². The fourth-order valence-electron chi connectivity index (χ4n) is 3.44. The molecule has 0 aromatic carbocycles. The first-order valence-electron chi connectivity index (χ1n) is 8.87. The lowest BCUT2D eigenvalue weighted by molar-refractivity contribution is 0.00578. The maximum Gasteiger partial charge on any atom is 0.461 e. The van der Waals surface area contributed by atoms with Gasteiger partial charge in [-0.2, -0.15) is 5.10 Å². The second kappa shape index (κ2) is 5.33. The van der Waals surface area contributed by atoms with Crippen LogP contribution < -0.4 is 0 Å². The van der Waals surface area contributed by atoms with Crippen LogP contribution in [0.15, 0.2) is 12.4 Å². The Hall–Kier alpha value is -0.845. The summed E-state index contributed by atoms with van der Waals surface area (Å²) >= 11 is 0. The zero-order valence-corrected chi connectivity index (χ0v) is 14.6. The Kier molecular flexibility index (Phi) is 3.63. The van der Waals surface area contributed by atoms with E-state index in [1.807, 2.05) is 6.20 Å². The van der Waals surface area contributed by atoms with Gasteiger partial charge in [-0.25, -0.2) is 0 Å². The van der Waals surface area contributed by atoms with Gasteiger partial charge < -0.3 is 14.0 Å². The summed E-state index contributed by atoms with van der Waals surface area (Å²) < 4.78 is 20.6. The average Bonchev–Trinajstić information content (AvgIpc) is 3.18. The van der Waals surface area contributed by atoms with Crippen LogP contribution in [0.1, 0.15) is 71.1 Å². The molecule has 2 saturated heterocycles. The molecule has 0 radical (unpaired) electrons. The Morgan fingerprint density at radius 2 is 1.83 bits per heavy atom. The maximum absolute atomic E-state index is 6.24. The van der Waals surface area contributed by atoms with E-state index in [1.165, 1.54) is 18.4 Å². The van der Waals surface area contributed by atoms with Gasteiger partial charge in [-0.05, 0) is 59.2 Å². The Bertz CT molecular complexity index is 566. The highest BCUT2D eigenvalue weighted by Gasteiger charge is 2.54. The van der Waals surface area contributed by atoms with Crippen molar-refractivity contribution >= 4 is 7.12 Å². The largest absolute Gasteiger partial charge is 0.461 e. The predicted molar refractivity (Wildman–Crippen MR) is 88.3 cm³/mol. The normalized spacial score (nSPS) is 33.1. The summed E-state index contributed by atoms with van der Waals surface area (Å²) in [5, 5.41) is 4.50. The van der Waals surface area contributed by atoms with Gasteiger partial charge in [0.1, 0.15) is 0 Å². The summed E-state index contributed by atoms with van der Waals surface area (Å²) in [6.45, 7) is 9.22. The van der Waals surface area contributed by atoms with Crippen LogP contribution in [0.2, 0.25) is 5.82 Å². The molecule has 3 heterocycles. The summed E-state index contributed by atoms with van der Waals surface area (Å²) in [6.07, 6.45) is 8.68. The molecule has 3 aliphatic rings. The van der Waals surface area contributed by atoms with Crippen molar-refractivity contribution in [2.45, 2.75) is 82.5 Å². The lowest BCUT2D eigenvalue weighted by atomic mass is 9.66. The van der Waals surface area contributed by atoms with Crippen LogP contribution in [0.25, 0.3) is 0 Å².